The highest BCUT2D eigenvalue weighted by Gasteiger charge is 2.15. The summed E-state index contributed by atoms with van der Waals surface area (Å²) in [6, 6.07) is 4.50. The van der Waals surface area contributed by atoms with Gasteiger partial charge < -0.3 is 4.74 Å². The van der Waals surface area contributed by atoms with Gasteiger partial charge in [0.1, 0.15) is 6.33 Å². The first-order valence-electron chi connectivity index (χ1n) is 6.86. The van der Waals surface area contributed by atoms with E-state index in [0.717, 1.165) is 6.42 Å². The van der Waals surface area contributed by atoms with Gasteiger partial charge in [0.2, 0.25) is 5.95 Å². The minimum absolute atomic E-state index is 0.142. The minimum atomic E-state index is -0.517. The molecule has 0 aliphatic rings. The van der Waals surface area contributed by atoms with E-state index in [-0.39, 0.29) is 17.4 Å². The summed E-state index contributed by atoms with van der Waals surface area (Å²) in [4.78, 5) is 26.0. The van der Waals surface area contributed by atoms with Crippen molar-refractivity contribution in [3.8, 4) is 5.75 Å². The average Bonchev–Trinajstić information content (AvgIpc) is 3.04. The van der Waals surface area contributed by atoms with Crippen molar-refractivity contribution in [1.82, 2.24) is 15.2 Å². The monoisotopic (exact) mass is 317 g/mol. The Kier molecular flexibility index (Phi) is 5.40. The molecule has 9 nitrogen and oxygen atoms in total. The van der Waals surface area contributed by atoms with Crippen molar-refractivity contribution in [2.45, 2.75) is 13.3 Å². The highest BCUT2D eigenvalue weighted by molar-refractivity contribution is 6.00. The number of amides is 1. The summed E-state index contributed by atoms with van der Waals surface area (Å²) in [6.45, 7) is 2.31. The number of aromatic amines is 1. The Morgan fingerprint density at radius 1 is 1.52 bits per heavy atom. The van der Waals surface area contributed by atoms with Gasteiger partial charge in [-0.15, -0.1) is 0 Å². The largest absolute Gasteiger partial charge is 0.487 e. The summed E-state index contributed by atoms with van der Waals surface area (Å²) >= 11 is 0. The van der Waals surface area contributed by atoms with Crippen molar-refractivity contribution in [3.05, 3.63) is 46.3 Å². The third-order valence-corrected chi connectivity index (χ3v) is 2.73. The first-order valence-corrected chi connectivity index (χ1v) is 6.86. The van der Waals surface area contributed by atoms with Crippen molar-refractivity contribution < 1.29 is 14.5 Å². The Hall–Kier alpha value is -3.23. The maximum Gasteiger partial charge on any atom is 0.311 e. The van der Waals surface area contributed by atoms with Crippen LogP contribution >= 0.6 is 0 Å². The van der Waals surface area contributed by atoms with Crippen LogP contribution in [0.5, 0.6) is 5.75 Å². The summed E-state index contributed by atoms with van der Waals surface area (Å²) in [5.41, 5.74) is 0.365. The van der Waals surface area contributed by atoms with Crippen LogP contribution in [0.25, 0.3) is 6.08 Å². The molecule has 1 heterocycles. The quantitative estimate of drug-likeness (QED) is 0.458. The minimum Gasteiger partial charge on any atom is -0.487 e. The van der Waals surface area contributed by atoms with E-state index in [9.17, 15) is 14.9 Å². The molecule has 2 N–H and O–H groups in total. The SMILES string of the molecule is CCCOc1ccc(/C=C/C(=O)Nc2ncn[nH]2)cc1[N+](=O)[O-]. The number of ether oxygens (including phenoxy) is 1. The molecule has 0 aliphatic heterocycles. The van der Waals surface area contributed by atoms with Crippen LogP contribution in [0.4, 0.5) is 11.6 Å². The Morgan fingerprint density at radius 2 is 2.35 bits per heavy atom. The molecule has 0 saturated carbocycles. The Morgan fingerprint density at radius 3 is 3.00 bits per heavy atom. The van der Waals surface area contributed by atoms with Crippen molar-refractivity contribution in [2.75, 3.05) is 11.9 Å². The van der Waals surface area contributed by atoms with Gasteiger partial charge >= 0.3 is 5.69 Å². The van der Waals surface area contributed by atoms with E-state index in [2.05, 4.69) is 20.5 Å². The molecular weight excluding hydrogens is 302 g/mol. The van der Waals surface area contributed by atoms with E-state index >= 15 is 0 Å². The van der Waals surface area contributed by atoms with Gasteiger partial charge in [-0.2, -0.15) is 10.1 Å². The lowest BCUT2D eigenvalue weighted by Gasteiger charge is -2.05. The number of benzene rings is 1. The van der Waals surface area contributed by atoms with E-state index in [4.69, 9.17) is 4.74 Å². The number of nitrogens with one attached hydrogen (secondary N) is 2. The van der Waals surface area contributed by atoms with Crippen LogP contribution in [0.1, 0.15) is 18.9 Å². The number of nitro groups is 1. The zero-order valence-corrected chi connectivity index (χ0v) is 12.4. The van der Waals surface area contributed by atoms with Gasteiger partial charge in [0.05, 0.1) is 11.5 Å². The third-order valence-electron chi connectivity index (χ3n) is 2.73. The highest BCUT2D eigenvalue weighted by Crippen LogP contribution is 2.28. The van der Waals surface area contributed by atoms with E-state index in [0.29, 0.717) is 12.2 Å². The molecule has 2 aromatic rings. The molecule has 1 aromatic carbocycles. The molecule has 120 valence electrons. The van der Waals surface area contributed by atoms with Gasteiger partial charge in [-0.1, -0.05) is 13.0 Å². The second-order valence-corrected chi connectivity index (χ2v) is 4.49. The van der Waals surface area contributed by atoms with Crippen LogP contribution in [0, 0.1) is 10.1 Å². The van der Waals surface area contributed by atoms with Crippen molar-refractivity contribution in [2.24, 2.45) is 0 Å². The lowest BCUT2D eigenvalue weighted by atomic mass is 10.1. The van der Waals surface area contributed by atoms with Crippen LogP contribution in [-0.2, 0) is 4.79 Å². The maximum absolute atomic E-state index is 11.7. The van der Waals surface area contributed by atoms with E-state index < -0.39 is 10.8 Å². The summed E-state index contributed by atoms with van der Waals surface area (Å²) in [5.74, 6) is -0.00947. The number of nitrogens with zero attached hydrogens (tertiary/aromatic N) is 3. The van der Waals surface area contributed by atoms with Crippen LogP contribution in [0.3, 0.4) is 0 Å². The predicted molar refractivity (Wildman–Crippen MR) is 82.9 cm³/mol. The van der Waals surface area contributed by atoms with Gasteiger partial charge in [-0.25, -0.2) is 5.10 Å². The number of rotatable bonds is 7. The lowest BCUT2D eigenvalue weighted by molar-refractivity contribution is -0.385. The third kappa shape index (κ3) is 4.63. The number of hydrogen-bond acceptors (Lipinski definition) is 6. The molecule has 0 aliphatic carbocycles. The molecule has 0 bridgehead atoms. The Balaban J connectivity index is 2.10. The van der Waals surface area contributed by atoms with E-state index in [1.165, 1.54) is 30.6 Å². The van der Waals surface area contributed by atoms with Crippen molar-refractivity contribution >= 4 is 23.6 Å². The number of H-pyrrole nitrogens is 1. The van der Waals surface area contributed by atoms with Gasteiger partial charge in [0, 0.05) is 12.1 Å². The number of anilines is 1. The van der Waals surface area contributed by atoms with Gasteiger partial charge in [-0.05, 0) is 24.1 Å². The lowest BCUT2D eigenvalue weighted by Crippen LogP contribution is -2.09. The average molecular weight is 317 g/mol. The number of carbonyl (C=O) groups is 1. The zero-order chi connectivity index (χ0) is 16.7. The summed E-state index contributed by atoms with van der Waals surface area (Å²) in [6.07, 6.45) is 4.72. The number of hydrogen-bond donors (Lipinski definition) is 2. The fourth-order valence-corrected chi connectivity index (χ4v) is 1.71. The summed E-state index contributed by atoms with van der Waals surface area (Å²) in [7, 11) is 0. The maximum atomic E-state index is 11.7. The molecule has 23 heavy (non-hydrogen) atoms. The number of carbonyl (C=O) groups excluding carboxylic acids is 1. The molecule has 0 atom stereocenters. The van der Waals surface area contributed by atoms with E-state index in [1.54, 1.807) is 6.07 Å². The molecule has 0 saturated heterocycles. The molecule has 0 radical (unpaired) electrons. The smallest absolute Gasteiger partial charge is 0.311 e. The van der Waals surface area contributed by atoms with Crippen LogP contribution in [0.2, 0.25) is 0 Å². The molecule has 2 rings (SSSR count). The second kappa shape index (κ2) is 7.69. The van der Waals surface area contributed by atoms with Gasteiger partial charge in [0.15, 0.2) is 5.75 Å². The molecule has 0 spiro atoms. The fraction of sp³-hybridized carbons (Fsp3) is 0.214. The molecule has 1 amide bonds. The fourth-order valence-electron chi connectivity index (χ4n) is 1.71. The van der Waals surface area contributed by atoms with E-state index in [1.807, 2.05) is 6.92 Å². The summed E-state index contributed by atoms with van der Waals surface area (Å²) < 4.78 is 5.33. The van der Waals surface area contributed by atoms with Gasteiger partial charge in [0.25, 0.3) is 5.91 Å². The Labute approximate surface area is 131 Å². The molecule has 0 unspecified atom stereocenters. The zero-order valence-electron chi connectivity index (χ0n) is 12.4. The Bertz CT molecular complexity index is 712. The second-order valence-electron chi connectivity index (χ2n) is 4.49. The van der Waals surface area contributed by atoms with Crippen LogP contribution in [0.15, 0.2) is 30.6 Å². The first kappa shape index (κ1) is 16.1. The number of aromatic nitrogens is 3. The normalized spacial score (nSPS) is 10.7. The first-order chi connectivity index (χ1) is 11.1. The van der Waals surface area contributed by atoms with Crippen LogP contribution in [-0.4, -0.2) is 32.6 Å². The molecular formula is C14H15N5O4. The molecule has 9 heteroatoms. The van der Waals surface area contributed by atoms with Crippen molar-refractivity contribution in [1.29, 1.82) is 0 Å². The summed E-state index contributed by atoms with van der Waals surface area (Å²) in [5, 5.41) is 19.6. The highest BCUT2D eigenvalue weighted by atomic mass is 16.6. The number of nitro benzene ring substituents is 1. The van der Waals surface area contributed by atoms with Crippen LogP contribution < -0.4 is 10.1 Å². The standard InChI is InChI=1S/C14H15N5O4/c1-2-7-23-12-5-3-10(8-11(12)19(21)22)4-6-13(20)17-14-15-9-16-18-14/h3-6,8-9H,2,7H2,1H3,(H2,15,16,17,18,20)/b6-4+. The topological polar surface area (TPSA) is 123 Å². The molecule has 0 fully saturated rings. The van der Waals surface area contributed by atoms with Gasteiger partial charge in [-0.3, -0.25) is 20.2 Å². The predicted octanol–water partition coefficient (Wildman–Crippen LogP) is 2.15. The van der Waals surface area contributed by atoms with Crippen molar-refractivity contribution in [3.63, 3.8) is 0 Å². The molecule has 1 aromatic heterocycles.